The van der Waals surface area contributed by atoms with E-state index in [1.54, 1.807) is 18.2 Å². The van der Waals surface area contributed by atoms with Crippen LogP contribution in [0.4, 0.5) is 0 Å². The second-order valence-electron chi connectivity index (χ2n) is 1.59. The highest BCUT2D eigenvalue weighted by Gasteiger charge is 1.92. The molecule has 0 saturated carbocycles. The minimum Gasteiger partial charge on any atom is -0.197 e. The maximum atomic E-state index is 5.58. The van der Waals surface area contributed by atoms with Crippen molar-refractivity contribution in [3.8, 4) is 0 Å². The zero-order chi connectivity index (χ0) is 6.85. The molecule has 0 saturated heterocycles. The molecule has 0 aromatic heterocycles. The molecule has 56 valence electrons. The molecule has 1 rings (SSSR count). The Balaban J connectivity index is 0.000000810. The second-order valence-corrected chi connectivity index (χ2v) is 2.90. The average Bonchev–Trinajstić information content (AvgIpc) is 1.59. The van der Waals surface area contributed by atoms with Crippen molar-refractivity contribution in [1.29, 1.82) is 0 Å². The van der Waals surface area contributed by atoms with Crippen LogP contribution in [-0.4, -0.2) is 0 Å². The monoisotopic (exact) mass is 214 g/mol. The largest absolute Gasteiger partial charge is 0.197 e. The fraction of sp³-hybridized carbons (Fsp3) is 0. The molecule has 1 aromatic rings. The standard InChI is InChI=1S/C6H3Cl3.H2S/c7-4-1-5(8)3-6(9)2-4;/h1-3H;1H2. The average molecular weight is 216 g/mol. The first-order valence-corrected chi connectivity index (χ1v) is 3.43. The van der Waals surface area contributed by atoms with Gasteiger partial charge in [-0.2, -0.15) is 13.5 Å². The fourth-order valence-corrected chi connectivity index (χ4v) is 1.39. The highest BCUT2D eigenvalue weighted by Crippen LogP contribution is 2.21. The molecule has 0 aliphatic heterocycles. The summed E-state index contributed by atoms with van der Waals surface area (Å²) in [4.78, 5) is 0. The molecular weight excluding hydrogens is 210 g/mol. The molecule has 0 heterocycles. The molecule has 0 N–H and O–H groups in total. The van der Waals surface area contributed by atoms with Gasteiger partial charge < -0.3 is 0 Å². The maximum absolute atomic E-state index is 5.58. The van der Waals surface area contributed by atoms with Crippen molar-refractivity contribution < 1.29 is 0 Å². The first-order valence-electron chi connectivity index (χ1n) is 2.30. The molecule has 0 atom stereocenters. The lowest BCUT2D eigenvalue weighted by molar-refractivity contribution is 1.70. The molecular formula is C6H5Cl3S. The molecule has 10 heavy (non-hydrogen) atoms. The zero-order valence-corrected chi connectivity index (χ0v) is 8.13. The van der Waals surface area contributed by atoms with Crippen LogP contribution in [0, 0.1) is 0 Å². The van der Waals surface area contributed by atoms with Gasteiger partial charge in [0, 0.05) is 15.1 Å². The van der Waals surface area contributed by atoms with Crippen molar-refractivity contribution in [2.75, 3.05) is 0 Å². The molecule has 4 heteroatoms. The van der Waals surface area contributed by atoms with E-state index in [2.05, 4.69) is 0 Å². The van der Waals surface area contributed by atoms with Crippen molar-refractivity contribution in [3.05, 3.63) is 33.3 Å². The highest BCUT2D eigenvalue weighted by molar-refractivity contribution is 7.59. The summed E-state index contributed by atoms with van der Waals surface area (Å²) in [6.45, 7) is 0. The van der Waals surface area contributed by atoms with Crippen LogP contribution < -0.4 is 0 Å². The maximum Gasteiger partial charge on any atom is 0.0435 e. The second kappa shape index (κ2) is 4.35. The number of halogens is 3. The Hall–Kier alpha value is 0.440. The summed E-state index contributed by atoms with van der Waals surface area (Å²) in [6, 6.07) is 4.90. The van der Waals surface area contributed by atoms with Crippen LogP contribution >= 0.6 is 48.3 Å². The Kier molecular flexibility index (Phi) is 4.54. The van der Waals surface area contributed by atoms with Crippen molar-refractivity contribution in [2.45, 2.75) is 0 Å². The molecule has 0 fully saturated rings. The SMILES string of the molecule is Clc1cc(Cl)cc(Cl)c1.S. The lowest BCUT2D eigenvalue weighted by Gasteiger charge is -1.91. The van der Waals surface area contributed by atoms with Crippen LogP contribution in [0.2, 0.25) is 15.1 Å². The summed E-state index contributed by atoms with van der Waals surface area (Å²) in [7, 11) is 0. The minimum atomic E-state index is 0. The molecule has 0 radical (unpaired) electrons. The zero-order valence-electron chi connectivity index (χ0n) is 4.87. The summed E-state index contributed by atoms with van der Waals surface area (Å²) in [5, 5.41) is 1.69. The molecule has 0 aliphatic carbocycles. The fourth-order valence-electron chi connectivity index (χ4n) is 0.520. The van der Waals surface area contributed by atoms with E-state index >= 15 is 0 Å². The van der Waals surface area contributed by atoms with Gasteiger partial charge in [-0.25, -0.2) is 0 Å². The lowest BCUT2D eigenvalue weighted by atomic mass is 10.4. The summed E-state index contributed by atoms with van der Waals surface area (Å²) in [5.41, 5.74) is 0. The molecule has 0 amide bonds. The predicted molar refractivity (Wildman–Crippen MR) is 51.9 cm³/mol. The summed E-state index contributed by atoms with van der Waals surface area (Å²) < 4.78 is 0. The normalized spacial score (nSPS) is 8.70. The number of rotatable bonds is 0. The van der Waals surface area contributed by atoms with Crippen LogP contribution in [0.25, 0.3) is 0 Å². The van der Waals surface area contributed by atoms with Gasteiger partial charge in [-0.15, -0.1) is 0 Å². The number of hydrogen-bond donors (Lipinski definition) is 0. The third-order valence-corrected chi connectivity index (χ3v) is 1.48. The van der Waals surface area contributed by atoms with E-state index in [4.69, 9.17) is 34.8 Å². The Morgan fingerprint density at radius 3 is 1.10 bits per heavy atom. The van der Waals surface area contributed by atoms with Crippen LogP contribution in [0.15, 0.2) is 18.2 Å². The van der Waals surface area contributed by atoms with Gasteiger partial charge in [-0.1, -0.05) is 34.8 Å². The van der Waals surface area contributed by atoms with E-state index in [9.17, 15) is 0 Å². The van der Waals surface area contributed by atoms with Crippen molar-refractivity contribution in [1.82, 2.24) is 0 Å². The first-order chi connectivity index (χ1) is 4.18. The third kappa shape index (κ3) is 3.02. The Morgan fingerprint density at radius 2 is 0.900 bits per heavy atom. The van der Waals surface area contributed by atoms with Crippen LogP contribution in [-0.2, 0) is 0 Å². The Bertz CT molecular complexity index is 174. The smallest absolute Gasteiger partial charge is 0.0435 e. The van der Waals surface area contributed by atoms with E-state index < -0.39 is 0 Å². The topological polar surface area (TPSA) is 0 Å². The molecule has 0 bridgehead atoms. The number of benzene rings is 1. The van der Waals surface area contributed by atoms with Gasteiger partial charge in [-0.3, -0.25) is 0 Å². The lowest BCUT2D eigenvalue weighted by Crippen LogP contribution is -1.65. The van der Waals surface area contributed by atoms with Crippen molar-refractivity contribution in [2.24, 2.45) is 0 Å². The summed E-state index contributed by atoms with van der Waals surface area (Å²) in [6.07, 6.45) is 0. The molecule has 0 nitrogen and oxygen atoms in total. The van der Waals surface area contributed by atoms with E-state index in [-0.39, 0.29) is 13.5 Å². The van der Waals surface area contributed by atoms with E-state index in [0.717, 1.165) is 0 Å². The molecule has 0 spiro atoms. The molecule has 0 aliphatic rings. The van der Waals surface area contributed by atoms with Gasteiger partial charge in [0.25, 0.3) is 0 Å². The molecule has 0 unspecified atom stereocenters. The van der Waals surface area contributed by atoms with E-state index in [0.29, 0.717) is 15.1 Å². The first kappa shape index (κ1) is 10.4. The van der Waals surface area contributed by atoms with Gasteiger partial charge in [0.2, 0.25) is 0 Å². The van der Waals surface area contributed by atoms with Crippen LogP contribution in [0.5, 0.6) is 0 Å². The predicted octanol–water partition coefficient (Wildman–Crippen LogP) is 3.76. The minimum absolute atomic E-state index is 0. The van der Waals surface area contributed by atoms with Crippen molar-refractivity contribution >= 4 is 48.3 Å². The number of hydrogen-bond acceptors (Lipinski definition) is 0. The van der Waals surface area contributed by atoms with Gasteiger partial charge in [0.1, 0.15) is 0 Å². The Morgan fingerprint density at radius 1 is 0.700 bits per heavy atom. The van der Waals surface area contributed by atoms with E-state index in [1.807, 2.05) is 0 Å². The third-order valence-electron chi connectivity index (χ3n) is 0.827. The van der Waals surface area contributed by atoms with Crippen molar-refractivity contribution in [3.63, 3.8) is 0 Å². The van der Waals surface area contributed by atoms with Gasteiger partial charge in [-0.05, 0) is 18.2 Å². The quantitative estimate of drug-likeness (QED) is 0.618. The molecule has 1 aromatic carbocycles. The summed E-state index contributed by atoms with van der Waals surface area (Å²) >= 11 is 16.7. The van der Waals surface area contributed by atoms with Crippen LogP contribution in [0.1, 0.15) is 0 Å². The van der Waals surface area contributed by atoms with Crippen LogP contribution in [0.3, 0.4) is 0 Å². The van der Waals surface area contributed by atoms with Gasteiger partial charge in [0.05, 0.1) is 0 Å². The van der Waals surface area contributed by atoms with Gasteiger partial charge >= 0.3 is 0 Å². The van der Waals surface area contributed by atoms with Gasteiger partial charge in [0.15, 0.2) is 0 Å². The Labute approximate surface area is 81.5 Å². The van der Waals surface area contributed by atoms with E-state index in [1.165, 1.54) is 0 Å². The highest BCUT2D eigenvalue weighted by atomic mass is 35.5. The summed E-state index contributed by atoms with van der Waals surface area (Å²) in [5.74, 6) is 0.